The Balaban J connectivity index is 3.54. The van der Waals surface area contributed by atoms with Crippen LogP contribution >= 0.6 is 0 Å². The summed E-state index contributed by atoms with van der Waals surface area (Å²) in [6.07, 6.45) is 49.1. The van der Waals surface area contributed by atoms with E-state index in [0.717, 1.165) is 13.0 Å². The summed E-state index contributed by atoms with van der Waals surface area (Å²) < 4.78 is 0. The van der Waals surface area contributed by atoms with Crippen molar-refractivity contribution in [3.63, 3.8) is 0 Å². The molecule has 2 heteroatoms. The lowest BCUT2D eigenvalue weighted by Gasteiger charge is -2.22. The maximum Gasteiger partial charge on any atom is 0.0443 e. The third kappa shape index (κ3) is 35.5. The predicted octanol–water partition coefficient (Wildman–Crippen LogP) is 12.7. The predicted molar refractivity (Wildman–Crippen MR) is 187 cm³/mol. The summed E-state index contributed by atoms with van der Waals surface area (Å²) in [5.41, 5.74) is 0. The van der Waals surface area contributed by atoms with E-state index in [2.05, 4.69) is 43.1 Å². The van der Waals surface area contributed by atoms with Gasteiger partial charge in [-0.1, -0.05) is 154 Å². The maximum absolute atomic E-state index is 9.30. The number of hydrogen-bond donors (Lipinski definition) is 1. The zero-order valence-electron chi connectivity index (χ0n) is 28.5. The summed E-state index contributed by atoms with van der Waals surface area (Å²) in [4.78, 5) is 2.62. The molecule has 0 aromatic heterocycles. The number of rotatable bonds is 35. The average Bonchev–Trinajstić information content (AvgIpc) is 2.98. The fourth-order valence-corrected chi connectivity index (χ4v) is 5.80. The lowest BCUT2D eigenvalue weighted by Crippen LogP contribution is -2.27. The molecule has 244 valence electrons. The van der Waals surface area contributed by atoms with Crippen LogP contribution in [0, 0.1) is 0 Å². The molecule has 0 fully saturated rings. The summed E-state index contributed by atoms with van der Waals surface area (Å²) in [6.45, 7) is 8.45. The van der Waals surface area contributed by atoms with Crippen LogP contribution in [-0.4, -0.2) is 36.2 Å². The zero-order valence-corrected chi connectivity index (χ0v) is 28.5. The molecule has 1 N–H and O–H groups in total. The van der Waals surface area contributed by atoms with Crippen LogP contribution in [0.3, 0.4) is 0 Å². The van der Waals surface area contributed by atoms with Crippen LogP contribution in [0.4, 0.5) is 0 Å². The van der Waals surface area contributed by atoms with Gasteiger partial charge < -0.3 is 10.0 Å². The number of aliphatic hydroxyl groups is 1. The van der Waals surface area contributed by atoms with Crippen molar-refractivity contribution in [2.24, 2.45) is 0 Å². The van der Waals surface area contributed by atoms with Gasteiger partial charge >= 0.3 is 0 Å². The molecule has 0 amide bonds. The lowest BCUT2D eigenvalue weighted by molar-refractivity contribution is 0.217. The zero-order chi connectivity index (χ0) is 29.7. The molecule has 0 heterocycles. The van der Waals surface area contributed by atoms with E-state index in [1.165, 1.54) is 193 Å². The van der Waals surface area contributed by atoms with Gasteiger partial charge in [-0.3, -0.25) is 0 Å². The van der Waals surface area contributed by atoms with Crippen molar-refractivity contribution in [1.82, 2.24) is 4.90 Å². The van der Waals surface area contributed by atoms with Gasteiger partial charge in [-0.05, 0) is 83.7 Å². The van der Waals surface area contributed by atoms with Crippen LogP contribution in [0.2, 0.25) is 0 Å². The first-order valence-corrected chi connectivity index (χ1v) is 19.0. The van der Waals surface area contributed by atoms with Crippen molar-refractivity contribution >= 4 is 0 Å². The number of hydrogen-bond acceptors (Lipinski definition) is 2. The van der Waals surface area contributed by atoms with E-state index in [0.29, 0.717) is 6.61 Å². The largest absolute Gasteiger partial charge is 0.396 e. The second-order valence-electron chi connectivity index (χ2n) is 12.8. The quantitative estimate of drug-likeness (QED) is 0.0600. The highest BCUT2D eigenvalue weighted by atomic mass is 16.3. The smallest absolute Gasteiger partial charge is 0.0443 e. The number of aliphatic hydroxyl groups excluding tert-OH is 1. The highest BCUT2D eigenvalue weighted by Crippen LogP contribution is 2.13. The Morgan fingerprint density at radius 1 is 0.341 bits per heavy atom. The topological polar surface area (TPSA) is 23.5 Å². The van der Waals surface area contributed by atoms with Crippen LogP contribution in [0.5, 0.6) is 0 Å². The molecule has 0 saturated heterocycles. The van der Waals surface area contributed by atoms with Crippen molar-refractivity contribution in [3.05, 3.63) is 24.3 Å². The van der Waals surface area contributed by atoms with E-state index in [4.69, 9.17) is 0 Å². The Labute approximate surface area is 260 Å². The third-order valence-corrected chi connectivity index (χ3v) is 8.60. The summed E-state index contributed by atoms with van der Waals surface area (Å²) in [6, 6.07) is 0. The van der Waals surface area contributed by atoms with Crippen molar-refractivity contribution < 1.29 is 5.11 Å². The molecule has 0 saturated carbocycles. The third-order valence-electron chi connectivity index (χ3n) is 8.60. The summed E-state index contributed by atoms with van der Waals surface area (Å²) in [5.74, 6) is 0. The first-order chi connectivity index (χ1) is 20.3. The number of allylic oxidation sites excluding steroid dienone is 4. The molecule has 0 rings (SSSR count). The molecular weight excluding hydrogens is 498 g/mol. The molecule has 0 aromatic carbocycles. The Kier molecular flexibility index (Phi) is 36.9. The average molecular weight is 576 g/mol. The monoisotopic (exact) mass is 576 g/mol. The summed E-state index contributed by atoms with van der Waals surface area (Å²) >= 11 is 0. The SMILES string of the molecule is CCCCCCCCC=CCCCCCCCCN(CCCO)CCCCCCCCC=CCCCCCCCC. The van der Waals surface area contributed by atoms with Crippen LogP contribution in [0.25, 0.3) is 0 Å². The Hall–Kier alpha value is -0.600. The maximum atomic E-state index is 9.30. The van der Waals surface area contributed by atoms with E-state index in [9.17, 15) is 5.11 Å². The molecule has 2 nitrogen and oxygen atoms in total. The van der Waals surface area contributed by atoms with Gasteiger partial charge in [0.2, 0.25) is 0 Å². The Morgan fingerprint density at radius 2 is 0.610 bits per heavy atom. The van der Waals surface area contributed by atoms with E-state index in [-0.39, 0.29) is 0 Å². The van der Waals surface area contributed by atoms with Crippen molar-refractivity contribution in [3.8, 4) is 0 Å². The molecule has 41 heavy (non-hydrogen) atoms. The van der Waals surface area contributed by atoms with E-state index >= 15 is 0 Å². The fourth-order valence-electron chi connectivity index (χ4n) is 5.80. The minimum Gasteiger partial charge on any atom is -0.396 e. The number of nitrogens with zero attached hydrogens (tertiary/aromatic N) is 1. The highest BCUT2D eigenvalue weighted by Gasteiger charge is 2.04. The van der Waals surface area contributed by atoms with Gasteiger partial charge in [-0.2, -0.15) is 0 Å². The molecule has 0 bridgehead atoms. The van der Waals surface area contributed by atoms with Gasteiger partial charge in [0.05, 0.1) is 0 Å². The molecule has 0 radical (unpaired) electrons. The second kappa shape index (κ2) is 37.4. The van der Waals surface area contributed by atoms with E-state index in [1.54, 1.807) is 0 Å². The van der Waals surface area contributed by atoms with Gasteiger partial charge in [-0.25, -0.2) is 0 Å². The van der Waals surface area contributed by atoms with E-state index < -0.39 is 0 Å². The molecule has 0 aliphatic carbocycles. The molecule has 0 unspecified atom stereocenters. The van der Waals surface area contributed by atoms with E-state index in [1.807, 2.05) is 0 Å². The van der Waals surface area contributed by atoms with Gasteiger partial charge in [0, 0.05) is 13.2 Å². The minimum atomic E-state index is 0.331. The lowest BCUT2D eigenvalue weighted by atomic mass is 10.1. The molecule has 0 spiro atoms. The first-order valence-electron chi connectivity index (χ1n) is 19.0. The van der Waals surface area contributed by atoms with Crippen LogP contribution in [0.15, 0.2) is 24.3 Å². The van der Waals surface area contributed by atoms with Gasteiger partial charge in [0.15, 0.2) is 0 Å². The van der Waals surface area contributed by atoms with Gasteiger partial charge in [0.25, 0.3) is 0 Å². The van der Waals surface area contributed by atoms with Crippen molar-refractivity contribution in [2.45, 2.75) is 200 Å². The number of unbranched alkanes of at least 4 members (excludes halogenated alkanes) is 24. The Morgan fingerprint density at radius 3 is 0.927 bits per heavy atom. The van der Waals surface area contributed by atoms with Crippen LogP contribution in [-0.2, 0) is 0 Å². The van der Waals surface area contributed by atoms with Crippen LogP contribution < -0.4 is 0 Å². The van der Waals surface area contributed by atoms with Gasteiger partial charge in [-0.15, -0.1) is 0 Å². The van der Waals surface area contributed by atoms with Crippen LogP contribution in [0.1, 0.15) is 200 Å². The molecule has 0 aromatic rings. The molecular formula is C39H77NO. The minimum absolute atomic E-state index is 0.331. The first kappa shape index (κ1) is 40.4. The molecule has 0 atom stereocenters. The molecule has 0 aliphatic heterocycles. The van der Waals surface area contributed by atoms with Gasteiger partial charge in [0.1, 0.15) is 0 Å². The molecule has 0 aliphatic rings. The van der Waals surface area contributed by atoms with Crippen molar-refractivity contribution in [1.29, 1.82) is 0 Å². The summed E-state index contributed by atoms with van der Waals surface area (Å²) in [7, 11) is 0. The Bertz CT molecular complexity index is 472. The van der Waals surface area contributed by atoms with Crippen molar-refractivity contribution in [2.75, 3.05) is 26.2 Å². The highest BCUT2D eigenvalue weighted by molar-refractivity contribution is 4.82. The normalized spacial score (nSPS) is 12.1. The summed E-state index contributed by atoms with van der Waals surface area (Å²) in [5, 5.41) is 9.30. The second-order valence-corrected chi connectivity index (χ2v) is 12.8. The standard InChI is InChI=1S/C39H77NO/c1-3-5-7-9-11-13-15-17-19-21-23-25-27-29-31-33-36-40(38-35-39-41)37-34-32-30-28-26-24-22-20-18-16-14-12-10-8-6-4-2/h17-20,41H,3-16,21-39H2,1-2H3. The fraction of sp³-hybridized carbons (Fsp3) is 0.897.